The maximum atomic E-state index is 15.3. The first-order chi connectivity index (χ1) is 16.1. The second-order valence-corrected chi connectivity index (χ2v) is 8.55. The Kier molecular flexibility index (Phi) is 4.53. The number of hydrogen-bond donors (Lipinski definition) is 3. The number of hydrogen-bond acceptors (Lipinski definition) is 8. The number of nitrogens with zero attached hydrogens (tertiary/aromatic N) is 5. The van der Waals surface area contributed by atoms with Gasteiger partial charge in [-0.1, -0.05) is 0 Å². The van der Waals surface area contributed by atoms with Crippen LogP contribution in [0, 0.1) is 18.7 Å². The standard InChI is InChI=1S/C23H23FN8O/c1-12-16(8-27-22-21(12)26-4-5-33-22)15-6-18-17(20(25)19(15)24)9-28-23(31-18)30-14-7-29-32(11-14)10-13-2-3-13/h6-9,11,13,26H,2-5,10,25H2,1H3,(H,28,30,31). The predicted molar refractivity (Wildman–Crippen MR) is 124 cm³/mol. The van der Waals surface area contributed by atoms with E-state index >= 15 is 4.39 Å². The quantitative estimate of drug-likeness (QED) is 0.396. The summed E-state index contributed by atoms with van der Waals surface area (Å²) in [4.78, 5) is 13.3. The zero-order valence-electron chi connectivity index (χ0n) is 18.1. The molecule has 1 aliphatic carbocycles. The number of anilines is 4. The van der Waals surface area contributed by atoms with E-state index in [0.29, 0.717) is 47.0 Å². The molecule has 4 aromatic rings. The maximum absolute atomic E-state index is 15.3. The van der Waals surface area contributed by atoms with Crippen LogP contribution < -0.4 is 21.1 Å². The number of fused-ring (bicyclic) bond motifs is 2. The summed E-state index contributed by atoms with van der Waals surface area (Å²) in [5, 5.41) is 11.3. The number of nitrogen functional groups attached to an aromatic ring is 1. The van der Waals surface area contributed by atoms with Crippen LogP contribution in [0.4, 0.5) is 27.4 Å². The third kappa shape index (κ3) is 3.57. The molecule has 9 nitrogen and oxygen atoms in total. The second-order valence-electron chi connectivity index (χ2n) is 8.55. The van der Waals surface area contributed by atoms with Crippen LogP contribution in [0.5, 0.6) is 5.88 Å². The topological polar surface area (TPSA) is 116 Å². The lowest BCUT2D eigenvalue weighted by atomic mass is 9.98. The highest BCUT2D eigenvalue weighted by Gasteiger charge is 2.23. The average Bonchev–Trinajstić information content (AvgIpc) is 3.54. The number of aromatic nitrogens is 5. The summed E-state index contributed by atoms with van der Waals surface area (Å²) in [6.45, 7) is 4.04. The van der Waals surface area contributed by atoms with Gasteiger partial charge < -0.3 is 21.1 Å². The van der Waals surface area contributed by atoms with Gasteiger partial charge in [-0.15, -0.1) is 0 Å². The van der Waals surface area contributed by atoms with Gasteiger partial charge in [-0.2, -0.15) is 5.10 Å². The fourth-order valence-corrected chi connectivity index (χ4v) is 4.15. The van der Waals surface area contributed by atoms with E-state index in [1.165, 1.54) is 19.0 Å². The highest BCUT2D eigenvalue weighted by atomic mass is 19.1. The molecule has 0 spiro atoms. The number of ether oxygens (including phenoxy) is 1. The van der Waals surface area contributed by atoms with Crippen LogP contribution in [0.15, 0.2) is 30.9 Å². The van der Waals surface area contributed by atoms with Gasteiger partial charge >= 0.3 is 0 Å². The third-order valence-electron chi connectivity index (χ3n) is 6.13. The first-order valence-electron chi connectivity index (χ1n) is 11.0. The number of nitrogens with two attached hydrogens (primary N) is 1. The van der Waals surface area contributed by atoms with Gasteiger partial charge in [0.25, 0.3) is 0 Å². The minimum atomic E-state index is -0.519. The van der Waals surface area contributed by atoms with Crippen LogP contribution in [0.3, 0.4) is 0 Å². The average molecular weight is 446 g/mol. The molecule has 168 valence electrons. The van der Waals surface area contributed by atoms with E-state index in [-0.39, 0.29) is 5.69 Å². The number of rotatable bonds is 5. The lowest BCUT2D eigenvalue weighted by molar-refractivity contribution is 0.310. The van der Waals surface area contributed by atoms with Gasteiger partial charge in [-0.25, -0.2) is 19.3 Å². The van der Waals surface area contributed by atoms with Crippen molar-refractivity contribution in [3.8, 4) is 17.0 Å². The van der Waals surface area contributed by atoms with Crippen molar-refractivity contribution in [2.24, 2.45) is 5.92 Å². The molecule has 0 amide bonds. The van der Waals surface area contributed by atoms with Crippen LogP contribution >= 0.6 is 0 Å². The number of halogens is 1. The predicted octanol–water partition coefficient (Wildman–Crippen LogP) is 3.88. The molecular weight excluding hydrogens is 423 g/mol. The number of benzene rings is 1. The lowest BCUT2D eigenvalue weighted by Crippen LogP contribution is -2.20. The molecule has 6 rings (SSSR count). The summed E-state index contributed by atoms with van der Waals surface area (Å²) in [6, 6.07) is 1.69. The minimum Gasteiger partial charge on any atom is -0.474 e. The molecule has 1 aliphatic heterocycles. The summed E-state index contributed by atoms with van der Waals surface area (Å²) >= 11 is 0. The molecule has 4 heterocycles. The molecule has 0 bridgehead atoms. The first kappa shape index (κ1) is 19.7. The van der Waals surface area contributed by atoms with Crippen LogP contribution in [0.1, 0.15) is 18.4 Å². The van der Waals surface area contributed by atoms with E-state index in [9.17, 15) is 0 Å². The summed E-state index contributed by atoms with van der Waals surface area (Å²) < 4.78 is 22.8. The molecule has 33 heavy (non-hydrogen) atoms. The Morgan fingerprint density at radius 3 is 2.97 bits per heavy atom. The van der Waals surface area contributed by atoms with Crippen LogP contribution in [0.2, 0.25) is 0 Å². The Bertz CT molecular complexity index is 1380. The molecule has 4 N–H and O–H groups in total. The summed E-state index contributed by atoms with van der Waals surface area (Å²) in [5.74, 6) is 1.12. The zero-order chi connectivity index (χ0) is 22.5. The summed E-state index contributed by atoms with van der Waals surface area (Å²) in [7, 11) is 0. The molecule has 0 unspecified atom stereocenters. The van der Waals surface area contributed by atoms with Crippen LogP contribution in [-0.4, -0.2) is 37.9 Å². The third-order valence-corrected chi connectivity index (χ3v) is 6.13. The normalized spacial score (nSPS) is 15.1. The highest BCUT2D eigenvalue weighted by molar-refractivity contribution is 5.96. The molecular formula is C23H23FN8O. The Balaban J connectivity index is 1.37. The largest absolute Gasteiger partial charge is 0.474 e. The van der Waals surface area contributed by atoms with Gasteiger partial charge in [-0.05, 0) is 37.3 Å². The van der Waals surface area contributed by atoms with Crippen molar-refractivity contribution in [1.82, 2.24) is 24.7 Å². The molecule has 10 heteroatoms. The zero-order valence-corrected chi connectivity index (χ0v) is 18.1. The molecule has 0 radical (unpaired) electrons. The van der Waals surface area contributed by atoms with Gasteiger partial charge in [-0.3, -0.25) is 4.68 Å². The first-order valence-corrected chi connectivity index (χ1v) is 11.0. The fourth-order valence-electron chi connectivity index (χ4n) is 4.15. The monoisotopic (exact) mass is 446 g/mol. The van der Waals surface area contributed by atoms with Gasteiger partial charge in [0.15, 0.2) is 5.82 Å². The van der Waals surface area contributed by atoms with Gasteiger partial charge in [0.1, 0.15) is 12.3 Å². The van der Waals surface area contributed by atoms with E-state index in [4.69, 9.17) is 10.5 Å². The maximum Gasteiger partial charge on any atom is 0.237 e. The summed E-state index contributed by atoms with van der Waals surface area (Å²) in [6.07, 6.45) is 9.36. The van der Waals surface area contributed by atoms with Crippen molar-refractivity contribution in [3.63, 3.8) is 0 Å². The smallest absolute Gasteiger partial charge is 0.237 e. The number of nitrogens with one attached hydrogen (secondary N) is 2. The number of pyridine rings is 1. The van der Waals surface area contributed by atoms with E-state index in [1.807, 2.05) is 17.8 Å². The lowest BCUT2D eigenvalue weighted by Gasteiger charge is -2.22. The fraction of sp³-hybridized carbons (Fsp3) is 0.304. The van der Waals surface area contributed by atoms with Crippen molar-refractivity contribution in [2.45, 2.75) is 26.3 Å². The molecule has 1 saturated carbocycles. The molecule has 3 aromatic heterocycles. The molecule has 1 fully saturated rings. The highest BCUT2D eigenvalue weighted by Crippen LogP contribution is 2.39. The Labute approximate surface area is 189 Å². The SMILES string of the molecule is Cc1c(-c2cc3nc(Nc4cnn(CC5CC5)c4)ncc3c(N)c2F)cnc2c1NCCO2. The summed E-state index contributed by atoms with van der Waals surface area (Å²) in [5.41, 5.74) is 10.1. The van der Waals surface area contributed by atoms with Crippen LogP contribution in [-0.2, 0) is 6.54 Å². The molecule has 0 saturated heterocycles. The van der Waals surface area contributed by atoms with Crippen molar-refractivity contribution in [3.05, 3.63) is 42.2 Å². The minimum absolute atomic E-state index is 0.00707. The molecule has 2 aliphatic rings. The second kappa shape index (κ2) is 7.58. The van der Waals surface area contributed by atoms with Crippen molar-refractivity contribution in [2.75, 3.05) is 29.5 Å². The van der Waals surface area contributed by atoms with E-state index in [2.05, 4.69) is 30.7 Å². The Morgan fingerprint density at radius 1 is 1.24 bits per heavy atom. The molecule has 0 atom stereocenters. The molecule has 1 aromatic carbocycles. The van der Waals surface area contributed by atoms with E-state index in [0.717, 1.165) is 29.4 Å². The van der Waals surface area contributed by atoms with Crippen molar-refractivity contribution in [1.29, 1.82) is 0 Å². The van der Waals surface area contributed by atoms with Crippen molar-refractivity contribution >= 4 is 33.9 Å². The Hall–Kier alpha value is -3.95. The van der Waals surface area contributed by atoms with Gasteiger partial charge in [0.05, 0.1) is 23.1 Å². The van der Waals surface area contributed by atoms with Gasteiger partial charge in [0.2, 0.25) is 11.8 Å². The van der Waals surface area contributed by atoms with E-state index in [1.54, 1.807) is 18.5 Å². The van der Waals surface area contributed by atoms with Gasteiger partial charge in [0, 0.05) is 48.2 Å². The Morgan fingerprint density at radius 2 is 2.12 bits per heavy atom. The van der Waals surface area contributed by atoms with Crippen molar-refractivity contribution < 1.29 is 9.13 Å². The van der Waals surface area contributed by atoms with E-state index < -0.39 is 5.82 Å². The van der Waals surface area contributed by atoms with Crippen LogP contribution in [0.25, 0.3) is 22.0 Å².